The van der Waals surface area contributed by atoms with Gasteiger partial charge in [0.15, 0.2) is 5.76 Å². The van der Waals surface area contributed by atoms with Gasteiger partial charge in [0, 0.05) is 11.6 Å². The van der Waals surface area contributed by atoms with Crippen molar-refractivity contribution in [2.24, 2.45) is 0 Å². The molecule has 7 heteroatoms. The van der Waals surface area contributed by atoms with Gasteiger partial charge in [-0.1, -0.05) is 11.6 Å². The van der Waals surface area contributed by atoms with Gasteiger partial charge in [0.05, 0.1) is 23.6 Å². The maximum absolute atomic E-state index is 8.91. The molecule has 3 aromatic rings. The van der Waals surface area contributed by atoms with E-state index < -0.39 is 0 Å². The molecule has 0 aliphatic heterocycles. The van der Waals surface area contributed by atoms with E-state index in [1.54, 1.807) is 25.3 Å². The number of nitrogens with zero attached hydrogens (tertiary/aromatic N) is 2. The first-order chi connectivity index (χ1) is 12.6. The van der Waals surface area contributed by atoms with Crippen LogP contribution in [0.1, 0.15) is 17.0 Å². The van der Waals surface area contributed by atoms with Gasteiger partial charge in [-0.15, -0.1) is 11.6 Å². The highest BCUT2D eigenvalue weighted by Gasteiger charge is 2.15. The van der Waals surface area contributed by atoms with Crippen LogP contribution in [-0.2, 0) is 12.5 Å². The molecule has 0 saturated carbocycles. The van der Waals surface area contributed by atoms with Gasteiger partial charge >= 0.3 is 0 Å². The third kappa shape index (κ3) is 3.93. The van der Waals surface area contributed by atoms with E-state index >= 15 is 0 Å². The zero-order valence-corrected chi connectivity index (χ0v) is 15.3. The molecule has 0 unspecified atom stereocenters. The molecular formula is C19H14Cl2N2O3. The largest absolute Gasteiger partial charge is 0.497 e. The lowest BCUT2D eigenvalue weighted by atomic mass is 10.2. The fourth-order valence-electron chi connectivity index (χ4n) is 2.28. The number of hydrogen-bond donors (Lipinski definition) is 0. The van der Waals surface area contributed by atoms with Gasteiger partial charge in [0.2, 0.25) is 5.89 Å². The Balaban J connectivity index is 1.78. The van der Waals surface area contributed by atoms with Gasteiger partial charge < -0.3 is 13.9 Å². The Kier molecular flexibility index (Phi) is 5.67. The lowest BCUT2D eigenvalue weighted by molar-refractivity contribution is 0.270. The summed E-state index contributed by atoms with van der Waals surface area (Å²) in [5.41, 5.74) is 1.81. The normalized spacial score (nSPS) is 10.4. The number of halogens is 2. The predicted molar refractivity (Wildman–Crippen MR) is 98.5 cm³/mol. The van der Waals surface area contributed by atoms with Gasteiger partial charge in [0.1, 0.15) is 29.9 Å². The predicted octanol–water partition coefficient (Wildman–Crippen LogP) is 5.19. The molecule has 2 aromatic carbocycles. The first-order valence-corrected chi connectivity index (χ1v) is 8.57. The summed E-state index contributed by atoms with van der Waals surface area (Å²) in [6.07, 6.45) is 0. The van der Waals surface area contributed by atoms with Crippen LogP contribution in [0.4, 0.5) is 0 Å². The molecule has 0 amide bonds. The molecule has 0 bridgehead atoms. The van der Waals surface area contributed by atoms with Crippen LogP contribution < -0.4 is 9.47 Å². The summed E-state index contributed by atoms with van der Waals surface area (Å²) in [5.74, 6) is 2.47. The Bertz CT molecular complexity index is 946. The average Bonchev–Trinajstić information content (AvgIpc) is 3.10. The molecular weight excluding hydrogens is 375 g/mol. The zero-order valence-electron chi connectivity index (χ0n) is 13.8. The minimum Gasteiger partial charge on any atom is -0.497 e. The summed E-state index contributed by atoms with van der Waals surface area (Å²) >= 11 is 12.0. The van der Waals surface area contributed by atoms with Crippen LogP contribution >= 0.6 is 23.2 Å². The van der Waals surface area contributed by atoms with E-state index in [4.69, 9.17) is 42.4 Å². The molecule has 0 spiro atoms. The molecule has 0 saturated heterocycles. The Morgan fingerprint density at radius 1 is 1.15 bits per heavy atom. The number of rotatable bonds is 6. The first kappa shape index (κ1) is 18.1. The second-order valence-electron chi connectivity index (χ2n) is 5.29. The van der Waals surface area contributed by atoms with Gasteiger partial charge in [0.25, 0.3) is 0 Å². The SMILES string of the molecule is COc1ccc(-c2nc(CCl)c(COc3ccc(C#N)c(Cl)c3)o2)cc1. The smallest absolute Gasteiger partial charge is 0.226 e. The van der Waals surface area contributed by atoms with E-state index in [-0.39, 0.29) is 12.5 Å². The minimum atomic E-state index is 0.146. The van der Waals surface area contributed by atoms with Crippen LogP contribution in [0.25, 0.3) is 11.5 Å². The van der Waals surface area contributed by atoms with Gasteiger partial charge in [-0.25, -0.2) is 4.98 Å². The zero-order chi connectivity index (χ0) is 18.5. The van der Waals surface area contributed by atoms with E-state index in [1.807, 2.05) is 30.3 Å². The number of aromatic nitrogens is 1. The highest BCUT2D eigenvalue weighted by molar-refractivity contribution is 6.31. The molecule has 0 radical (unpaired) electrons. The summed E-state index contributed by atoms with van der Waals surface area (Å²) in [7, 11) is 1.61. The third-order valence-corrected chi connectivity index (χ3v) is 4.24. The molecule has 0 N–H and O–H groups in total. The quantitative estimate of drug-likeness (QED) is 0.543. The van der Waals surface area contributed by atoms with Crippen LogP contribution in [-0.4, -0.2) is 12.1 Å². The van der Waals surface area contributed by atoms with Crippen molar-refractivity contribution in [2.45, 2.75) is 12.5 Å². The minimum absolute atomic E-state index is 0.146. The molecule has 3 rings (SSSR count). The number of alkyl halides is 1. The fraction of sp³-hybridized carbons (Fsp3) is 0.158. The van der Waals surface area contributed by atoms with E-state index in [1.165, 1.54) is 0 Å². The highest BCUT2D eigenvalue weighted by Crippen LogP contribution is 2.27. The van der Waals surface area contributed by atoms with Crippen molar-refractivity contribution >= 4 is 23.2 Å². The lowest BCUT2D eigenvalue weighted by Crippen LogP contribution is -1.97. The molecule has 0 atom stereocenters. The van der Waals surface area contributed by atoms with E-state index in [9.17, 15) is 0 Å². The van der Waals surface area contributed by atoms with Gasteiger partial charge in [-0.2, -0.15) is 5.26 Å². The molecule has 0 aliphatic rings. The monoisotopic (exact) mass is 388 g/mol. The molecule has 1 heterocycles. The second-order valence-corrected chi connectivity index (χ2v) is 5.97. The third-order valence-electron chi connectivity index (χ3n) is 3.67. The number of benzene rings is 2. The average molecular weight is 389 g/mol. The van der Waals surface area contributed by atoms with Crippen LogP contribution in [0.15, 0.2) is 46.9 Å². The Morgan fingerprint density at radius 2 is 1.88 bits per heavy atom. The van der Waals surface area contributed by atoms with Crippen molar-refractivity contribution in [1.82, 2.24) is 4.98 Å². The Morgan fingerprint density at radius 3 is 2.50 bits per heavy atom. The van der Waals surface area contributed by atoms with E-state index in [0.717, 1.165) is 11.3 Å². The van der Waals surface area contributed by atoms with Gasteiger partial charge in [-0.05, 0) is 36.4 Å². The fourth-order valence-corrected chi connectivity index (χ4v) is 2.70. The number of methoxy groups -OCH3 is 1. The number of oxazole rings is 1. The summed E-state index contributed by atoms with van der Waals surface area (Å²) in [5, 5.41) is 9.24. The molecule has 1 aromatic heterocycles. The van der Waals surface area contributed by atoms with Crippen LogP contribution in [0.2, 0.25) is 5.02 Å². The Hall–Kier alpha value is -2.68. The maximum atomic E-state index is 8.91. The lowest BCUT2D eigenvalue weighted by Gasteiger charge is -2.06. The topological polar surface area (TPSA) is 68.3 Å². The van der Waals surface area contributed by atoms with Gasteiger partial charge in [-0.3, -0.25) is 0 Å². The number of nitriles is 1. The van der Waals surface area contributed by atoms with Crippen LogP contribution in [0.3, 0.4) is 0 Å². The van der Waals surface area contributed by atoms with Crippen molar-refractivity contribution in [2.75, 3.05) is 7.11 Å². The molecule has 132 valence electrons. The molecule has 26 heavy (non-hydrogen) atoms. The van der Waals surface area contributed by atoms with E-state index in [2.05, 4.69) is 4.98 Å². The summed E-state index contributed by atoms with van der Waals surface area (Å²) in [4.78, 5) is 4.42. The van der Waals surface area contributed by atoms with Crippen LogP contribution in [0, 0.1) is 11.3 Å². The molecule has 0 fully saturated rings. The van der Waals surface area contributed by atoms with Crippen molar-refractivity contribution in [3.05, 3.63) is 64.5 Å². The van der Waals surface area contributed by atoms with Crippen molar-refractivity contribution in [3.8, 4) is 29.0 Å². The van der Waals surface area contributed by atoms with Crippen molar-refractivity contribution in [3.63, 3.8) is 0 Å². The Labute approximate surface area is 160 Å². The number of hydrogen-bond acceptors (Lipinski definition) is 5. The summed E-state index contributed by atoms with van der Waals surface area (Å²) in [6, 6.07) is 14.2. The number of ether oxygens (including phenoxy) is 2. The summed E-state index contributed by atoms with van der Waals surface area (Å²) in [6.45, 7) is 0.146. The summed E-state index contributed by atoms with van der Waals surface area (Å²) < 4.78 is 16.7. The molecule has 5 nitrogen and oxygen atoms in total. The molecule has 0 aliphatic carbocycles. The maximum Gasteiger partial charge on any atom is 0.226 e. The standard InChI is InChI=1S/C19H14Cl2N2O3/c1-24-14-5-2-12(3-6-14)19-23-17(9-20)18(26-19)11-25-15-7-4-13(10-22)16(21)8-15/h2-8H,9,11H2,1H3. The van der Waals surface area contributed by atoms with E-state index in [0.29, 0.717) is 33.7 Å². The van der Waals surface area contributed by atoms with Crippen LogP contribution in [0.5, 0.6) is 11.5 Å². The second kappa shape index (κ2) is 8.13. The highest BCUT2D eigenvalue weighted by atomic mass is 35.5. The van der Waals surface area contributed by atoms with Crippen molar-refractivity contribution < 1.29 is 13.9 Å². The first-order valence-electron chi connectivity index (χ1n) is 7.66. The van der Waals surface area contributed by atoms with Crippen molar-refractivity contribution in [1.29, 1.82) is 5.26 Å².